The molecule has 1 heterocycles. The van der Waals surface area contributed by atoms with E-state index < -0.39 is 0 Å². The lowest BCUT2D eigenvalue weighted by atomic mass is 10.3. The van der Waals surface area contributed by atoms with Gasteiger partial charge in [-0.2, -0.15) is 0 Å². The van der Waals surface area contributed by atoms with Crippen LogP contribution in [0.25, 0.3) is 0 Å². The Morgan fingerprint density at radius 1 is 1.70 bits per heavy atom. The Morgan fingerprint density at radius 2 is 2.40 bits per heavy atom. The van der Waals surface area contributed by atoms with E-state index in [9.17, 15) is 4.79 Å². The predicted octanol–water partition coefficient (Wildman–Crippen LogP) is 0.308. The van der Waals surface area contributed by atoms with Gasteiger partial charge in [-0.25, -0.2) is 0 Å². The maximum atomic E-state index is 11.0. The Labute approximate surface area is 60.7 Å². The van der Waals surface area contributed by atoms with Crippen LogP contribution in [0.1, 0.15) is 13.8 Å². The highest BCUT2D eigenvalue weighted by Gasteiger charge is 2.17. The number of hydrogen-bond donors (Lipinski definition) is 0. The molecule has 1 amide bonds. The summed E-state index contributed by atoms with van der Waals surface area (Å²) in [5.74, 6) is 0.137. The average molecular weight is 140 g/mol. The fraction of sp³-hybridized carbons (Fsp3) is 0.714. The van der Waals surface area contributed by atoms with Crippen molar-refractivity contribution in [2.75, 3.05) is 13.1 Å². The van der Waals surface area contributed by atoms with Crippen LogP contribution in [-0.4, -0.2) is 36.2 Å². The summed E-state index contributed by atoms with van der Waals surface area (Å²) in [4.78, 5) is 16.7. The number of nitrogens with zero attached hydrogens (tertiary/aromatic N) is 2. The minimum atomic E-state index is 0.137. The monoisotopic (exact) mass is 140 g/mol. The van der Waals surface area contributed by atoms with Crippen molar-refractivity contribution in [3.63, 3.8) is 0 Å². The molecule has 3 nitrogen and oxygen atoms in total. The summed E-state index contributed by atoms with van der Waals surface area (Å²) in [7, 11) is 0. The van der Waals surface area contributed by atoms with E-state index in [2.05, 4.69) is 4.99 Å². The van der Waals surface area contributed by atoms with Crippen molar-refractivity contribution < 1.29 is 4.79 Å². The molecule has 56 valence electrons. The molecule has 0 unspecified atom stereocenters. The van der Waals surface area contributed by atoms with Crippen molar-refractivity contribution in [3.05, 3.63) is 0 Å². The van der Waals surface area contributed by atoms with Crippen molar-refractivity contribution in [2.24, 2.45) is 4.99 Å². The van der Waals surface area contributed by atoms with Crippen LogP contribution in [0.2, 0.25) is 0 Å². The normalized spacial score (nSPS) is 18.7. The minimum Gasteiger partial charge on any atom is -0.333 e. The van der Waals surface area contributed by atoms with E-state index in [1.54, 1.807) is 6.21 Å². The number of amides is 1. The summed E-state index contributed by atoms with van der Waals surface area (Å²) in [5, 5.41) is 0. The van der Waals surface area contributed by atoms with Gasteiger partial charge in [0.05, 0.1) is 6.54 Å². The molecule has 0 aliphatic carbocycles. The number of aliphatic imine (C=N–C) groups is 1. The van der Waals surface area contributed by atoms with E-state index in [1.165, 1.54) is 0 Å². The maximum absolute atomic E-state index is 11.0. The van der Waals surface area contributed by atoms with E-state index in [-0.39, 0.29) is 5.91 Å². The molecular weight excluding hydrogens is 128 g/mol. The summed E-state index contributed by atoms with van der Waals surface area (Å²) < 4.78 is 0. The second-order valence-corrected chi connectivity index (χ2v) is 2.66. The Balaban J connectivity index is 2.59. The van der Waals surface area contributed by atoms with Crippen molar-refractivity contribution in [3.8, 4) is 0 Å². The standard InChI is InChI=1S/C7H12N2O/c1-6(2)9-4-3-8-5-7(9)10/h3,6H,4-5H2,1-2H3. The van der Waals surface area contributed by atoms with Gasteiger partial charge in [0.2, 0.25) is 5.91 Å². The lowest BCUT2D eigenvalue weighted by Gasteiger charge is -2.26. The van der Waals surface area contributed by atoms with Crippen LogP contribution in [0.15, 0.2) is 4.99 Å². The second kappa shape index (κ2) is 2.82. The molecule has 0 atom stereocenters. The summed E-state index contributed by atoms with van der Waals surface area (Å²) in [6.45, 7) is 5.03. The van der Waals surface area contributed by atoms with E-state index in [0.29, 0.717) is 19.1 Å². The zero-order valence-corrected chi connectivity index (χ0v) is 6.37. The Kier molecular flexibility index (Phi) is 2.04. The van der Waals surface area contributed by atoms with E-state index in [1.807, 2.05) is 18.7 Å². The van der Waals surface area contributed by atoms with Gasteiger partial charge in [0.25, 0.3) is 0 Å². The quantitative estimate of drug-likeness (QED) is 0.516. The highest BCUT2D eigenvalue weighted by molar-refractivity contribution is 5.85. The third-order valence-electron chi connectivity index (χ3n) is 1.58. The molecule has 0 spiro atoms. The molecular formula is C7H12N2O. The number of rotatable bonds is 1. The molecule has 0 aromatic heterocycles. The second-order valence-electron chi connectivity index (χ2n) is 2.66. The first-order valence-corrected chi connectivity index (χ1v) is 3.49. The van der Waals surface area contributed by atoms with Gasteiger partial charge in [-0.3, -0.25) is 9.79 Å². The summed E-state index contributed by atoms with van der Waals surface area (Å²) in [6.07, 6.45) is 1.79. The molecule has 0 bridgehead atoms. The van der Waals surface area contributed by atoms with Crippen molar-refractivity contribution >= 4 is 12.1 Å². The average Bonchev–Trinajstić information content (AvgIpc) is 1.88. The van der Waals surface area contributed by atoms with Crippen LogP contribution in [0.3, 0.4) is 0 Å². The third-order valence-corrected chi connectivity index (χ3v) is 1.58. The van der Waals surface area contributed by atoms with Crippen molar-refractivity contribution in [1.82, 2.24) is 4.90 Å². The first-order chi connectivity index (χ1) is 4.72. The molecule has 10 heavy (non-hydrogen) atoms. The van der Waals surface area contributed by atoms with Gasteiger partial charge < -0.3 is 4.90 Å². The Hall–Kier alpha value is -0.860. The number of carbonyl (C=O) groups is 1. The summed E-state index contributed by atoms with van der Waals surface area (Å²) in [5.41, 5.74) is 0. The van der Waals surface area contributed by atoms with Gasteiger partial charge in [0.1, 0.15) is 6.54 Å². The van der Waals surface area contributed by atoms with Gasteiger partial charge in [0, 0.05) is 12.3 Å². The molecule has 1 aliphatic heterocycles. The molecule has 0 aromatic rings. The van der Waals surface area contributed by atoms with Crippen LogP contribution in [0.5, 0.6) is 0 Å². The molecule has 0 radical (unpaired) electrons. The molecule has 0 saturated heterocycles. The maximum Gasteiger partial charge on any atom is 0.244 e. The van der Waals surface area contributed by atoms with Crippen LogP contribution < -0.4 is 0 Å². The van der Waals surface area contributed by atoms with Crippen LogP contribution in [0, 0.1) is 0 Å². The molecule has 0 aromatic carbocycles. The summed E-state index contributed by atoms with van der Waals surface area (Å²) in [6, 6.07) is 0.305. The molecule has 3 heteroatoms. The number of hydrogen-bond acceptors (Lipinski definition) is 2. The first kappa shape index (κ1) is 7.25. The van der Waals surface area contributed by atoms with Crippen LogP contribution >= 0.6 is 0 Å². The van der Waals surface area contributed by atoms with E-state index in [4.69, 9.17) is 0 Å². The minimum absolute atomic E-state index is 0.137. The lowest BCUT2D eigenvalue weighted by molar-refractivity contribution is -0.130. The fourth-order valence-electron chi connectivity index (χ4n) is 0.980. The summed E-state index contributed by atoms with van der Waals surface area (Å²) >= 11 is 0. The van der Waals surface area contributed by atoms with Crippen molar-refractivity contribution in [1.29, 1.82) is 0 Å². The fourth-order valence-corrected chi connectivity index (χ4v) is 0.980. The van der Waals surface area contributed by atoms with E-state index in [0.717, 1.165) is 0 Å². The van der Waals surface area contributed by atoms with Gasteiger partial charge in [-0.1, -0.05) is 0 Å². The highest BCUT2D eigenvalue weighted by Crippen LogP contribution is 2.00. The molecule has 1 rings (SSSR count). The largest absolute Gasteiger partial charge is 0.333 e. The zero-order valence-electron chi connectivity index (χ0n) is 6.37. The van der Waals surface area contributed by atoms with Crippen LogP contribution in [0.4, 0.5) is 0 Å². The van der Waals surface area contributed by atoms with Gasteiger partial charge in [-0.05, 0) is 13.8 Å². The molecule has 1 aliphatic rings. The Bertz CT molecular complexity index is 163. The highest BCUT2D eigenvalue weighted by atomic mass is 16.2. The van der Waals surface area contributed by atoms with Gasteiger partial charge in [0.15, 0.2) is 0 Å². The third kappa shape index (κ3) is 1.35. The SMILES string of the molecule is CC(C)N1CC=NCC1=O. The van der Waals surface area contributed by atoms with Gasteiger partial charge >= 0.3 is 0 Å². The molecule has 0 saturated carbocycles. The van der Waals surface area contributed by atoms with Crippen molar-refractivity contribution in [2.45, 2.75) is 19.9 Å². The Morgan fingerprint density at radius 3 is 2.80 bits per heavy atom. The van der Waals surface area contributed by atoms with Gasteiger partial charge in [-0.15, -0.1) is 0 Å². The zero-order chi connectivity index (χ0) is 7.56. The smallest absolute Gasteiger partial charge is 0.244 e. The first-order valence-electron chi connectivity index (χ1n) is 3.49. The van der Waals surface area contributed by atoms with E-state index >= 15 is 0 Å². The molecule has 0 N–H and O–H groups in total. The topological polar surface area (TPSA) is 32.7 Å². The lowest BCUT2D eigenvalue weighted by Crippen LogP contribution is -2.42. The molecule has 0 fully saturated rings. The van der Waals surface area contributed by atoms with Crippen LogP contribution in [-0.2, 0) is 4.79 Å². The number of carbonyl (C=O) groups excluding carboxylic acids is 1. The predicted molar refractivity (Wildman–Crippen MR) is 40.2 cm³/mol.